The first-order valence-corrected chi connectivity index (χ1v) is 8.55. The zero-order chi connectivity index (χ0) is 13.2. The summed E-state index contributed by atoms with van der Waals surface area (Å²) < 4.78 is 2.77. The summed E-state index contributed by atoms with van der Waals surface area (Å²) in [6, 6.07) is 10.8. The monoisotopic (exact) mass is 278 g/mol. The van der Waals surface area contributed by atoms with Crippen LogP contribution in [-0.2, 0) is 0 Å². The molecule has 3 heteroatoms. The van der Waals surface area contributed by atoms with Crippen LogP contribution in [0.2, 0.25) is 0 Å². The van der Waals surface area contributed by atoms with Crippen molar-refractivity contribution in [3.05, 3.63) is 30.3 Å². The van der Waals surface area contributed by atoms with E-state index in [1.165, 1.54) is 71.8 Å². The van der Waals surface area contributed by atoms with Crippen LogP contribution < -0.4 is 0 Å². The van der Waals surface area contributed by atoms with Gasteiger partial charge in [0.2, 0.25) is 0 Å². The van der Waals surface area contributed by atoms with Crippen LogP contribution in [-0.4, -0.2) is 67.6 Å². The summed E-state index contributed by atoms with van der Waals surface area (Å²) in [5.41, 5.74) is 0. The summed E-state index contributed by atoms with van der Waals surface area (Å²) in [6.45, 7) is 9.90. The molecule has 0 atom stereocenters. The van der Waals surface area contributed by atoms with E-state index in [0.29, 0.717) is 0 Å². The fourth-order valence-corrected chi connectivity index (χ4v) is 4.33. The van der Waals surface area contributed by atoms with Crippen molar-refractivity contribution in [3.63, 3.8) is 0 Å². The molecular weight excluding hydrogens is 252 g/mol. The molecule has 3 saturated heterocycles. The van der Waals surface area contributed by atoms with Gasteiger partial charge < -0.3 is 8.97 Å². The molecule has 2 bridgehead atoms. The molecule has 1 aromatic rings. The second-order valence-electron chi connectivity index (χ2n) is 6.54. The number of hydrogen-bond donors (Lipinski definition) is 0. The molecule has 0 unspecified atom stereocenters. The van der Waals surface area contributed by atoms with Crippen molar-refractivity contribution < 1.29 is 8.97 Å². The molecule has 3 aliphatic heterocycles. The summed E-state index contributed by atoms with van der Waals surface area (Å²) in [4.78, 5) is 1.42. The highest BCUT2D eigenvalue weighted by Crippen LogP contribution is 2.26. The van der Waals surface area contributed by atoms with Crippen LogP contribution in [0.4, 0.5) is 0 Å². The van der Waals surface area contributed by atoms with Crippen LogP contribution in [0.5, 0.6) is 0 Å². The van der Waals surface area contributed by atoms with Crippen LogP contribution in [0.25, 0.3) is 0 Å². The lowest BCUT2D eigenvalue weighted by molar-refractivity contribution is -1.07. The Morgan fingerprint density at radius 3 is 2.21 bits per heavy atom. The van der Waals surface area contributed by atoms with Gasteiger partial charge in [-0.15, -0.1) is 11.8 Å². The molecular formula is C16H26N2S+2. The number of likely N-dealkylation sites (N-methyl/N-ethyl adjacent to an activating group) is 1. The van der Waals surface area contributed by atoms with Gasteiger partial charge in [-0.25, -0.2) is 0 Å². The molecule has 0 spiro atoms. The van der Waals surface area contributed by atoms with Gasteiger partial charge in [0.05, 0.1) is 13.6 Å². The fourth-order valence-electron chi connectivity index (χ4n) is 3.47. The molecule has 3 aliphatic rings. The predicted molar refractivity (Wildman–Crippen MR) is 82.3 cm³/mol. The van der Waals surface area contributed by atoms with Gasteiger partial charge in [-0.2, -0.15) is 0 Å². The third kappa shape index (κ3) is 3.15. The molecule has 0 aromatic heterocycles. The lowest BCUT2D eigenvalue weighted by Gasteiger charge is -2.54. The van der Waals surface area contributed by atoms with E-state index in [2.05, 4.69) is 37.4 Å². The second-order valence-corrected chi connectivity index (χ2v) is 7.71. The third-order valence-electron chi connectivity index (χ3n) is 5.13. The summed E-state index contributed by atoms with van der Waals surface area (Å²) in [5, 5.41) is 0. The van der Waals surface area contributed by atoms with Crippen LogP contribution in [0.1, 0.15) is 6.42 Å². The maximum absolute atomic E-state index is 2.44. The maximum atomic E-state index is 2.44. The highest BCUT2D eigenvalue weighted by Gasteiger charge is 2.46. The molecule has 4 rings (SSSR count). The van der Waals surface area contributed by atoms with Crippen molar-refractivity contribution in [2.24, 2.45) is 0 Å². The molecule has 0 saturated carbocycles. The van der Waals surface area contributed by atoms with Gasteiger partial charge in [-0.05, 0) is 12.1 Å². The molecule has 2 nitrogen and oxygen atoms in total. The van der Waals surface area contributed by atoms with Crippen molar-refractivity contribution in [2.75, 3.05) is 58.6 Å². The van der Waals surface area contributed by atoms with Gasteiger partial charge in [0.1, 0.15) is 39.3 Å². The van der Waals surface area contributed by atoms with E-state index in [9.17, 15) is 0 Å². The fraction of sp³-hybridized carbons (Fsp3) is 0.625. The first kappa shape index (κ1) is 13.5. The quantitative estimate of drug-likeness (QED) is 0.453. The normalized spacial score (nSPS) is 33.5. The Hall–Kier alpha value is -0.510. The summed E-state index contributed by atoms with van der Waals surface area (Å²) >= 11 is 2.02. The first-order valence-electron chi connectivity index (χ1n) is 7.56. The summed E-state index contributed by atoms with van der Waals surface area (Å²) in [7, 11) is 2.44. The van der Waals surface area contributed by atoms with Gasteiger partial charge in [0, 0.05) is 17.1 Å². The first-order chi connectivity index (χ1) is 9.20. The van der Waals surface area contributed by atoms with Gasteiger partial charge in [-0.1, -0.05) is 18.2 Å². The summed E-state index contributed by atoms with van der Waals surface area (Å²) in [5.74, 6) is 1.27. The predicted octanol–water partition coefficient (Wildman–Crippen LogP) is 2.46. The number of thioether (sulfide) groups is 1. The van der Waals surface area contributed by atoms with Crippen LogP contribution in [0.15, 0.2) is 35.2 Å². The molecule has 1 aromatic carbocycles. The van der Waals surface area contributed by atoms with E-state index in [1.807, 2.05) is 11.8 Å². The zero-order valence-electron chi connectivity index (χ0n) is 12.1. The lowest BCUT2D eigenvalue weighted by Crippen LogP contribution is -2.73. The van der Waals surface area contributed by atoms with Gasteiger partial charge in [0.25, 0.3) is 0 Å². The Bertz CT molecular complexity index is 393. The van der Waals surface area contributed by atoms with Crippen molar-refractivity contribution >= 4 is 11.8 Å². The molecule has 0 N–H and O–H groups in total. The highest BCUT2D eigenvalue weighted by molar-refractivity contribution is 7.99. The average Bonchev–Trinajstić information content (AvgIpc) is 2.47. The van der Waals surface area contributed by atoms with E-state index in [4.69, 9.17) is 0 Å². The number of nitrogens with zero attached hydrogens (tertiary/aromatic N) is 2. The smallest absolute Gasteiger partial charge is 0.129 e. The Kier molecular flexibility index (Phi) is 3.88. The Morgan fingerprint density at radius 1 is 0.947 bits per heavy atom. The van der Waals surface area contributed by atoms with E-state index in [-0.39, 0.29) is 0 Å². The van der Waals surface area contributed by atoms with Crippen molar-refractivity contribution in [1.29, 1.82) is 0 Å². The van der Waals surface area contributed by atoms with Crippen molar-refractivity contribution in [1.82, 2.24) is 0 Å². The minimum absolute atomic E-state index is 1.27. The standard InChI is InChI=1S/C16H26N2S/c1-17-9-12-18(13-10-17,14-11-17)8-5-15-19-16-6-3-2-4-7-16/h2-4,6-7H,5,8-15H2,1H3/q+2. The second kappa shape index (κ2) is 5.47. The Balaban J connectivity index is 1.43. The number of hydrogen-bond acceptors (Lipinski definition) is 1. The Morgan fingerprint density at radius 2 is 1.58 bits per heavy atom. The maximum Gasteiger partial charge on any atom is 0.129 e. The summed E-state index contributed by atoms with van der Waals surface area (Å²) in [6.07, 6.45) is 1.36. The van der Waals surface area contributed by atoms with E-state index in [1.54, 1.807) is 0 Å². The zero-order valence-corrected chi connectivity index (χ0v) is 12.9. The average molecular weight is 278 g/mol. The highest BCUT2D eigenvalue weighted by atomic mass is 32.2. The van der Waals surface area contributed by atoms with E-state index >= 15 is 0 Å². The molecule has 0 aliphatic carbocycles. The molecule has 104 valence electrons. The topological polar surface area (TPSA) is 0 Å². The van der Waals surface area contributed by atoms with Crippen LogP contribution in [0.3, 0.4) is 0 Å². The van der Waals surface area contributed by atoms with E-state index < -0.39 is 0 Å². The van der Waals surface area contributed by atoms with Crippen LogP contribution in [0, 0.1) is 0 Å². The van der Waals surface area contributed by atoms with E-state index in [0.717, 1.165) is 0 Å². The Labute approximate surface area is 121 Å². The van der Waals surface area contributed by atoms with Gasteiger partial charge in [-0.3, -0.25) is 0 Å². The molecule has 3 heterocycles. The molecule has 0 amide bonds. The lowest BCUT2D eigenvalue weighted by atomic mass is 10.1. The molecule has 3 fully saturated rings. The minimum atomic E-state index is 1.27. The number of rotatable bonds is 5. The van der Waals surface area contributed by atoms with Crippen molar-refractivity contribution in [2.45, 2.75) is 11.3 Å². The third-order valence-corrected chi connectivity index (χ3v) is 6.23. The number of piperazine rings is 3. The minimum Gasteiger partial charge on any atom is -0.312 e. The van der Waals surface area contributed by atoms with Gasteiger partial charge >= 0.3 is 0 Å². The van der Waals surface area contributed by atoms with Crippen molar-refractivity contribution in [3.8, 4) is 0 Å². The SMILES string of the molecule is C[N+]12CC[N+](CCCSc3ccccc3)(CC1)CC2. The number of benzene rings is 1. The molecule has 19 heavy (non-hydrogen) atoms. The number of fused-ring (bicyclic) bond motifs is 3. The number of quaternary nitrogens is 2. The van der Waals surface area contributed by atoms with Gasteiger partial charge in [0.15, 0.2) is 0 Å². The molecule has 0 radical (unpaired) electrons. The largest absolute Gasteiger partial charge is 0.312 e. The van der Waals surface area contributed by atoms with Crippen LogP contribution >= 0.6 is 11.8 Å².